The zero-order valence-corrected chi connectivity index (χ0v) is 10.3. The van der Waals surface area contributed by atoms with Crippen molar-refractivity contribution in [1.29, 1.82) is 0 Å². The highest BCUT2D eigenvalue weighted by Crippen LogP contribution is 2.25. The van der Waals surface area contributed by atoms with Crippen molar-refractivity contribution in [1.82, 2.24) is 0 Å². The summed E-state index contributed by atoms with van der Waals surface area (Å²) in [5.74, 6) is -0.274. The Kier molecular flexibility index (Phi) is 3.56. The molecule has 2 aromatic carbocycles. The van der Waals surface area contributed by atoms with Crippen LogP contribution >= 0.6 is 0 Å². The van der Waals surface area contributed by atoms with Gasteiger partial charge < -0.3 is 20.3 Å². The molecule has 0 radical (unpaired) electrons. The van der Waals surface area contributed by atoms with Crippen LogP contribution in [-0.2, 0) is 0 Å². The van der Waals surface area contributed by atoms with Crippen LogP contribution in [0.1, 0.15) is 10.4 Å². The van der Waals surface area contributed by atoms with E-state index in [9.17, 15) is 15.0 Å². The third-order valence-electron chi connectivity index (χ3n) is 2.59. The highest BCUT2D eigenvalue weighted by atomic mass is 16.5. The predicted molar refractivity (Wildman–Crippen MR) is 70.7 cm³/mol. The Labute approximate surface area is 110 Å². The lowest BCUT2D eigenvalue weighted by Crippen LogP contribution is -2.11. The average molecular weight is 259 g/mol. The molecule has 0 bridgehead atoms. The molecule has 0 saturated heterocycles. The number of ether oxygens (including phenoxy) is 1. The standard InChI is InChI=1S/C14H13NO4/c1-19-11-5-3-10(4-6-11)15-14(18)9-2-7-12(16)13(17)8-9/h2-8,16-17H,1H3,(H,15,18). The molecule has 0 aliphatic carbocycles. The average Bonchev–Trinajstić information content (AvgIpc) is 2.42. The van der Waals surface area contributed by atoms with Gasteiger partial charge in [-0.15, -0.1) is 0 Å². The van der Waals surface area contributed by atoms with Crippen molar-refractivity contribution < 1.29 is 19.7 Å². The van der Waals surface area contributed by atoms with Crippen molar-refractivity contribution in [2.75, 3.05) is 12.4 Å². The maximum absolute atomic E-state index is 11.9. The summed E-state index contributed by atoms with van der Waals surface area (Å²) in [6, 6.07) is 10.8. The van der Waals surface area contributed by atoms with Gasteiger partial charge >= 0.3 is 0 Å². The molecule has 0 atom stereocenters. The van der Waals surface area contributed by atoms with Crippen molar-refractivity contribution in [3.8, 4) is 17.2 Å². The smallest absolute Gasteiger partial charge is 0.255 e. The minimum atomic E-state index is -0.375. The summed E-state index contributed by atoms with van der Waals surface area (Å²) in [5, 5.41) is 21.2. The molecule has 5 heteroatoms. The Balaban J connectivity index is 2.13. The number of hydrogen-bond acceptors (Lipinski definition) is 4. The van der Waals surface area contributed by atoms with Crippen molar-refractivity contribution >= 4 is 11.6 Å². The van der Waals surface area contributed by atoms with E-state index >= 15 is 0 Å². The molecule has 0 saturated carbocycles. The summed E-state index contributed by atoms with van der Waals surface area (Å²) in [6.07, 6.45) is 0. The van der Waals surface area contributed by atoms with E-state index < -0.39 is 0 Å². The number of methoxy groups -OCH3 is 1. The van der Waals surface area contributed by atoms with Gasteiger partial charge in [-0.05, 0) is 42.5 Å². The second-order valence-corrected chi connectivity index (χ2v) is 3.89. The van der Waals surface area contributed by atoms with Gasteiger partial charge in [-0.1, -0.05) is 0 Å². The zero-order chi connectivity index (χ0) is 13.8. The number of aromatic hydroxyl groups is 2. The molecule has 0 fully saturated rings. The van der Waals surface area contributed by atoms with E-state index in [0.717, 1.165) is 0 Å². The summed E-state index contributed by atoms with van der Waals surface area (Å²) in [7, 11) is 1.56. The summed E-state index contributed by atoms with van der Waals surface area (Å²) >= 11 is 0. The fourth-order valence-corrected chi connectivity index (χ4v) is 1.54. The Morgan fingerprint density at radius 3 is 2.32 bits per heavy atom. The Morgan fingerprint density at radius 2 is 1.74 bits per heavy atom. The van der Waals surface area contributed by atoms with Gasteiger partial charge in [-0.2, -0.15) is 0 Å². The second-order valence-electron chi connectivity index (χ2n) is 3.89. The van der Waals surface area contributed by atoms with Crippen LogP contribution in [-0.4, -0.2) is 23.2 Å². The molecule has 19 heavy (non-hydrogen) atoms. The number of carbonyl (C=O) groups excluding carboxylic acids is 1. The van der Waals surface area contributed by atoms with Crippen LogP contribution in [0.25, 0.3) is 0 Å². The van der Waals surface area contributed by atoms with Crippen molar-refractivity contribution in [3.05, 3.63) is 48.0 Å². The first-order valence-electron chi connectivity index (χ1n) is 5.57. The lowest BCUT2D eigenvalue weighted by molar-refractivity contribution is 0.102. The number of hydrogen-bond donors (Lipinski definition) is 3. The number of phenols is 2. The van der Waals surface area contributed by atoms with Crippen molar-refractivity contribution in [3.63, 3.8) is 0 Å². The first-order chi connectivity index (χ1) is 9.10. The molecule has 0 aliphatic heterocycles. The normalized spacial score (nSPS) is 9.95. The molecule has 0 aromatic heterocycles. The third kappa shape index (κ3) is 2.95. The minimum Gasteiger partial charge on any atom is -0.504 e. The number of nitrogens with one attached hydrogen (secondary N) is 1. The van der Waals surface area contributed by atoms with E-state index in [2.05, 4.69) is 5.32 Å². The van der Waals surface area contributed by atoms with E-state index in [1.54, 1.807) is 31.4 Å². The molecule has 0 heterocycles. The van der Waals surface area contributed by atoms with Gasteiger partial charge in [0.05, 0.1) is 7.11 Å². The first kappa shape index (κ1) is 12.8. The fourth-order valence-electron chi connectivity index (χ4n) is 1.54. The lowest BCUT2D eigenvalue weighted by atomic mass is 10.2. The number of phenolic OH excluding ortho intramolecular Hbond substituents is 2. The van der Waals surface area contributed by atoms with Crippen molar-refractivity contribution in [2.45, 2.75) is 0 Å². The largest absolute Gasteiger partial charge is 0.504 e. The number of carbonyl (C=O) groups is 1. The molecular formula is C14H13NO4. The third-order valence-corrected chi connectivity index (χ3v) is 2.59. The molecule has 98 valence electrons. The lowest BCUT2D eigenvalue weighted by Gasteiger charge is -2.07. The monoisotopic (exact) mass is 259 g/mol. The number of rotatable bonds is 3. The van der Waals surface area contributed by atoms with Gasteiger partial charge in [-0.3, -0.25) is 4.79 Å². The quantitative estimate of drug-likeness (QED) is 0.739. The highest BCUT2D eigenvalue weighted by molar-refractivity contribution is 6.04. The van der Waals surface area contributed by atoms with Crippen LogP contribution in [0, 0.1) is 0 Å². The Bertz CT molecular complexity index is 593. The minimum absolute atomic E-state index is 0.256. The summed E-state index contributed by atoms with van der Waals surface area (Å²) in [5.41, 5.74) is 0.865. The van der Waals surface area contributed by atoms with E-state index in [-0.39, 0.29) is 23.0 Å². The van der Waals surface area contributed by atoms with Crippen molar-refractivity contribution in [2.24, 2.45) is 0 Å². The van der Waals surface area contributed by atoms with Gasteiger partial charge in [0, 0.05) is 11.3 Å². The number of benzene rings is 2. The molecule has 5 nitrogen and oxygen atoms in total. The summed E-state index contributed by atoms with van der Waals surface area (Å²) in [4.78, 5) is 11.9. The molecule has 2 aromatic rings. The zero-order valence-electron chi connectivity index (χ0n) is 10.3. The molecule has 0 spiro atoms. The number of amides is 1. The first-order valence-corrected chi connectivity index (χ1v) is 5.57. The summed E-state index contributed by atoms with van der Waals surface area (Å²) < 4.78 is 5.01. The molecule has 3 N–H and O–H groups in total. The van der Waals surface area contributed by atoms with E-state index in [1.165, 1.54) is 18.2 Å². The van der Waals surface area contributed by atoms with Crippen LogP contribution in [0.15, 0.2) is 42.5 Å². The SMILES string of the molecule is COc1ccc(NC(=O)c2ccc(O)c(O)c2)cc1. The van der Waals surface area contributed by atoms with E-state index in [1.807, 2.05) is 0 Å². The van der Waals surface area contributed by atoms with Crippen LogP contribution in [0.3, 0.4) is 0 Å². The van der Waals surface area contributed by atoms with Gasteiger partial charge in [0.15, 0.2) is 11.5 Å². The van der Waals surface area contributed by atoms with Crippen LogP contribution < -0.4 is 10.1 Å². The van der Waals surface area contributed by atoms with Crippen LogP contribution in [0.4, 0.5) is 5.69 Å². The topological polar surface area (TPSA) is 78.8 Å². The molecular weight excluding hydrogens is 246 g/mol. The van der Waals surface area contributed by atoms with Gasteiger partial charge in [0.25, 0.3) is 5.91 Å². The molecule has 2 rings (SSSR count). The maximum atomic E-state index is 11.9. The molecule has 1 amide bonds. The van der Waals surface area contributed by atoms with Crippen LogP contribution in [0.2, 0.25) is 0 Å². The van der Waals surface area contributed by atoms with Gasteiger partial charge in [-0.25, -0.2) is 0 Å². The predicted octanol–water partition coefficient (Wildman–Crippen LogP) is 2.36. The molecule has 0 unspecified atom stereocenters. The highest BCUT2D eigenvalue weighted by Gasteiger charge is 2.09. The number of anilines is 1. The second kappa shape index (κ2) is 5.30. The summed E-state index contributed by atoms with van der Waals surface area (Å²) in [6.45, 7) is 0. The van der Waals surface area contributed by atoms with Gasteiger partial charge in [0.1, 0.15) is 5.75 Å². The fraction of sp³-hybridized carbons (Fsp3) is 0.0714. The van der Waals surface area contributed by atoms with Gasteiger partial charge in [0.2, 0.25) is 0 Å². The Hall–Kier alpha value is -2.69. The molecule has 0 aliphatic rings. The maximum Gasteiger partial charge on any atom is 0.255 e. The van der Waals surface area contributed by atoms with E-state index in [4.69, 9.17) is 4.74 Å². The van der Waals surface area contributed by atoms with Crippen LogP contribution in [0.5, 0.6) is 17.2 Å². The van der Waals surface area contributed by atoms with E-state index in [0.29, 0.717) is 11.4 Å². The Morgan fingerprint density at radius 1 is 1.05 bits per heavy atom.